The van der Waals surface area contributed by atoms with Crippen molar-refractivity contribution >= 4 is 17.5 Å². The molecule has 0 bridgehead atoms. The molecule has 0 saturated carbocycles. The Morgan fingerprint density at radius 2 is 2.08 bits per heavy atom. The second-order valence-electron chi connectivity index (χ2n) is 6.75. The van der Waals surface area contributed by atoms with E-state index < -0.39 is 0 Å². The summed E-state index contributed by atoms with van der Waals surface area (Å²) in [6, 6.07) is 8.08. The number of amides is 2. The lowest BCUT2D eigenvalue weighted by Crippen LogP contribution is -2.37. The maximum atomic E-state index is 12.7. The van der Waals surface area contributed by atoms with Crippen LogP contribution in [-0.4, -0.2) is 33.0 Å². The van der Waals surface area contributed by atoms with E-state index in [1.165, 1.54) is 12.5 Å². The average Bonchev–Trinajstić information content (AvgIpc) is 3.03. The average molecular weight is 340 g/mol. The van der Waals surface area contributed by atoms with Crippen molar-refractivity contribution in [1.29, 1.82) is 0 Å². The van der Waals surface area contributed by atoms with Crippen molar-refractivity contribution in [2.24, 2.45) is 0 Å². The van der Waals surface area contributed by atoms with Gasteiger partial charge in [-0.1, -0.05) is 12.1 Å². The van der Waals surface area contributed by atoms with E-state index in [-0.39, 0.29) is 17.9 Å². The van der Waals surface area contributed by atoms with Gasteiger partial charge in [0.05, 0.1) is 12.1 Å². The second-order valence-corrected chi connectivity index (χ2v) is 6.75. The predicted octanol–water partition coefficient (Wildman–Crippen LogP) is 2.55. The van der Waals surface area contributed by atoms with Crippen molar-refractivity contribution in [1.82, 2.24) is 14.7 Å². The van der Waals surface area contributed by atoms with Gasteiger partial charge in [0.2, 0.25) is 11.8 Å². The van der Waals surface area contributed by atoms with Gasteiger partial charge >= 0.3 is 0 Å². The van der Waals surface area contributed by atoms with Crippen LogP contribution in [-0.2, 0) is 29.0 Å². The summed E-state index contributed by atoms with van der Waals surface area (Å²) in [5, 5.41) is 7.32. The molecule has 0 aliphatic carbocycles. The SMILES string of the molecule is CC(=O)Nc1cccc2c1CN(C(=O)Cc1ccn(C(C)C)n1)CC2. The number of anilines is 1. The summed E-state index contributed by atoms with van der Waals surface area (Å²) >= 11 is 0. The van der Waals surface area contributed by atoms with Gasteiger partial charge in [0, 0.05) is 37.9 Å². The number of carbonyl (C=O) groups is 2. The fraction of sp³-hybridized carbons (Fsp3) is 0.421. The highest BCUT2D eigenvalue weighted by Gasteiger charge is 2.23. The van der Waals surface area contributed by atoms with Crippen molar-refractivity contribution in [3.63, 3.8) is 0 Å². The highest BCUT2D eigenvalue weighted by Crippen LogP contribution is 2.26. The third-order valence-electron chi connectivity index (χ3n) is 4.46. The quantitative estimate of drug-likeness (QED) is 0.930. The molecule has 0 unspecified atom stereocenters. The third kappa shape index (κ3) is 3.90. The third-order valence-corrected chi connectivity index (χ3v) is 4.46. The normalized spacial score (nSPS) is 13.7. The van der Waals surface area contributed by atoms with Crippen molar-refractivity contribution in [2.45, 2.75) is 46.2 Å². The molecular formula is C19H24N4O2. The van der Waals surface area contributed by atoms with Gasteiger partial charge in [0.15, 0.2) is 0 Å². The van der Waals surface area contributed by atoms with Crippen molar-refractivity contribution in [3.05, 3.63) is 47.3 Å². The summed E-state index contributed by atoms with van der Waals surface area (Å²) in [5.41, 5.74) is 3.82. The zero-order valence-electron chi connectivity index (χ0n) is 15.0. The Balaban J connectivity index is 1.72. The zero-order valence-corrected chi connectivity index (χ0v) is 15.0. The van der Waals surface area contributed by atoms with Gasteiger partial charge in [-0.25, -0.2) is 0 Å². The van der Waals surface area contributed by atoms with Crippen LogP contribution in [0.25, 0.3) is 0 Å². The number of nitrogens with zero attached hydrogens (tertiary/aromatic N) is 3. The highest BCUT2D eigenvalue weighted by atomic mass is 16.2. The number of aromatic nitrogens is 2. The number of hydrogen-bond donors (Lipinski definition) is 1. The predicted molar refractivity (Wildman–Crippen MR) is 96.2 cm³/mol. The molecule has 132 valence electrons. The molecule has 1 aromatic carbocycles. The molecular weight excluding hydrogens is 316 g/mol. The molecule has 0 radical (unpaired) electrons. The van der Waals surface area contributed by atoms with Gasteiger partial charge < -0.3 is 10.2 Å². The van der Waals surface area contributed by atoms with Crippen LogP contribution in [0.3, 0.4) is 0 Å². The van der Waals surface area contributed by atoms with Crippen LogP contribution < -0.4 is 5.32 Å². The van der Waals surface area contributed by atoms with Crippen LogP contribution in [0.15, 0.2) is 30.5 Å². The van der Waals surface area contributed by atoms with Gasteiger partial charge in [0.1, 0.15) is 0 Å². The van der Waals surface area contributed by atoms with Gasteiger partial charge in [-0.05, 0) is 43.5 Å². The van der Waals surface area contributed by atoms with Gasteiger partial charge in [-0.15, -0.1) is 0 Å². The number of hydrogen-bond acceptors (Lipinski definition) is 3. The van der Waals surface area contributed by atoms with Crippen molar-refractivity contribution < 1.29 is 9.59 Å². The molecule has 0 spiro atoms. The maximum Gasteiger partial charge on any atom is 0.228 e. The lowest BCUT2D eigenvalue weighted by molar-refractivity contribution is -0.131. The number of rotatable bonds is 4. The summed E-state index contributed by atoms with van der Waals surface area (Å²) in [4.78, 5) is 25.9. The Morgan fingerprint density at radius 1 is 1.28 bits per heavy atom. The molecule has 6 nitrogen and oxygen atoms in total. The first kappa shape index (κ1) is 17.2. The minimum atomic E-state index is -0.101. The molecule has 0 atom stereocenters. The monoisotopic (exact) mass is 340 g/mol. The smallest absolute Gasteiger partial charge is 0.228 e. The first-order valence-corrected chi connectivity index (χ1v) is 8.64. The van der Waals surface area contributed by atoms with Crippen LogP contribution in [0.2, 0.25) is 0 Å². The molecule has 25 heavy (non-hydrogen) atoms. The second kappa shape index (κ2) is 7.09. The van der Waals surface area contributed by atoms with Crippen molar-refractivity contribution in [3.8, 4) is 0 Å². The Morgan fingerprint density at radius 3 is 2.76 bits per heavy atom. The molecule has 1 aromatic heterocycles. The molecule has 0 saturated heterocycles. The molecule has 1 aliphatic heterocycles. The minimum absolute atomic E-state index is 0.0669. The fourth-order valence-electron chi connectivity index (χ4n) is 3.13. The van der Waals surface area contributed by atoms with Crippen LogP contribution in [0, 0.1) is 0 Å². The van der Waals surface area contributed by atoms with Crippen LogP contribution in [0.5, 0.6) is 0 Å². The van der Waals surface area contributed by atoms with Crippen LogP contribution in [0.1, 0.15) is 43.6 Å². The van der Waals surface area contributed by atoms with E-state index in [4.69, 9.17) is 0 Å². The van der Waals surface area contributed by atoms with E-state index >= 15 is 0 Å². The minimum Gasteiger partial charge on any atom is -0.338 e. The topological polar surface area (TPSA) is 67.2 Å². The number of fused-ring (bicyclic) bond motifs is 1. The highest BCUT2D eigenvalue weighted by molar-refractivity contribution is 5.90. The van der Waals surface area contributed by atoms with E-state index in [9.17, 15) is 9.59 Å². The molecule has 2 heterocycles. The molecule has 2 aromatic rings. The van der Waals surface area contributed by atoms with Crippen LogP contribution in [0.4, 0.5) is 5.69 Å². The van der Waals surface area contributed by atoms with Gasteiger partial charge in [-0.3, -0.25) is 14.3 Å². The molecule has 1 N–H and O–H groups in total. The summed E-state index contributed by atoms with van der Waals surface area (Å²) in [6.45, 7) is 6.83. The molecule has 3 rings (SSSR count). The standard InChI is InChI=1S/C19H24N4O2/c1-13(2)23-10-8-16(21-23)11-19(25)22-9-7-15-5-4-6-18(17(15)12-22)20-14(3)24/h4-6,8,10,13H,7,9,11-12H2,1-3H3,(H,20,24). The largest absolute Gasteiger partial charge is 0.338 e. The molecule has 2 amide bonds. The van der Waals surface area contributed by atoms with E-state index in [0.717, 1.165) is 23.4 Å². The first-order valence-electron chi connectivity index (χ1n) is 8.64. The first-order chi connectivity index (χ1) is 11.9. The Kier molecular flexibility index (Phi) is 4.88. The van der Waals surface area contributed by atoms with Crippen molar-refractivity contribution in [2.75, 3.05) is 11.9 Å². The lowest BCUT2D eigenvalue weighted by Gasteiger charge is -2.30. The number of nitrogens with one attached hydrogen (secondary N) is 1. The van der Waals surface area contributed by atoms with E-state index in [1.807, 2.05) is 34.0 Å². The Bertz CT molecular complexity index is 794. The van der Waals surface area contributed by atoms with Gasteiger partial charge in [0.25, 0.3) is 0 Å². The van der Waals surface area contributed by atoms with E-state index in [0.29, 0.717) is 19.5 Å². The van der Waals surface area contributed by atoms with E-state index in [2.05, 4.69) is 30.3 Å². The summed E-state index contributed by atoms with van der Waals surface area (Å²) in [5.74, 6) is -0.0339. The summed E-state index contributed by atoms with van der Waals surface area (Å²) in [7, 11) is 0. The molecule has 0 fully saturated rings. The summed E-state index contributed by atoms with van der Waals surface area (Å²) < 4.78 is 1.86. The summed E-state index contributed by atoms with van der Waals surface area (Å²) in [6.07, 6.45) is 3.01. The van der Waals surface area contributed by atoms with Crippen LogP contribution >= 0.6 is 0 Å². The zero-order chi connectivity index (χ0) is 18.0. The maximum absolute atomic E-state index is 12.7. The Hall–Kier alpha value is -2.63. The Labute approximate surface area is 147 Å². The number of benzene rings is 1. The molecule has 6 heteroatoms. The number of carbonyl (C=O) groups excluding carboxylic acids is 2. The fourth-order valence-corrected chi connectivity index (χ4v) is 3.13. The van der Waals surface area contributed by atoms with E-state index in [1.54, 1.807) is 0 Å². The lowest BCUT2D eigenvalue weighted by atomic mass is 9.97. The van der Waals surface area contributed by atoms with Gasteiger partial charge in [-0.2, -0.15) is 5.10 Å². The molecule has 1 aliphatic rings.